The summed E-state index contributed by atoms with van der Waals surface area (Å²) in [6, 6.07) is 3.86. The summed E-state index contributed by atoms with van der Waals surface area (Å²) in [5.74, 6) is -1.30. The molecule has 0 aliphatic rings. The first-order valence-corrected chi connectivity index (χ1v) is 7.68. The van der Waals surface area contributed by atoms with Gasteiger partial charge in [0.05, 0.1) is 17.2 Å². The van der Waals surface area contributed by atoms with Gasteiger partial charge in [0.2, 0.25) is 11.8 Å². The maximum absolute atomic E-state index is 12.3. The molecule has 0 saturated heterocycles. The normalized spacial score (nSPS) is 11.7. The Bertz CT molecular complexity index is 602. The van der Waals surface area contributed by atoms with E-state index in [1.807, 2.05) is 13.8 Å². The molecule has 0 unspecified atom stereocenters. The van der Waals surface area contributed by atoms with E-state index in [1.54, 1.807) is 13.0 Å². The molecule has 2 N–H and O–H groups in total. The van der Waals surface area contributed by atoms with Gasteiger partial charge in [-0.1, -0.05) is 25.4 Å². The van der Waals surface area contributed by atoms with E-state index in [-0.39, 0.29) is 34.9 Å². The van der Waals surface area contributed by atoms with Gasteiger partial charge in [0, 0.05) is 12.6 Å². The van der Waals surface area contributed by atoms with Crippen LogP contribution < -0.4 is 10.6 Å². The van der Waals surface area contributed by atoms with Gasteiger partial charge in [-0.15, -0.1) is 0 Å². The maximum atomic E-state index is 12.3. The van der Waals surface area contributed by atoms with E-state index >= 15 is 0 Å². The number of rotatable bonds is 6. The zero-order valence-corrected chi connectivity index (χ0v) is 14.4. The smallest absolute Gasteiger partial charge is 0.339 e. The van der Waals surface area contributed by atoms with Crippen molar-refractivity contribution in [2.45, 2.75) is 33.7 Å². The lowest BCUT2D eigenvalue weighted by Gasteiger charge is -2.21. The van der Waals surface area contributed by atoms with Gasteiger partial charge in [0.1, 0.15) is 6.04 Å². The van der Waals surface area contributed by atoms with Gasteiger partial charge in [-0.05, 0) is 31.0 Å². The Balaban J connectivity index is 2.95. The largest absolute Gasteiger partial charge is 0.462 e. The lowest BCUT2D eigenvalue weighted by Crippen LogP contribution is -2.46. The average molecular weight is 341 g/mol. The van der Waals surface area contributed by atoms with Crippen LogP contribution in [0.25, 0.3) is 0 Å². The number of carbonyl (C=O) groups excluding carboxylic acids is 3. The molecule has 126 valence electrons. The SMILES string of the molecule is CCOC(=O)c1cc(NC(=O)[C@H](NC(C)=O)C(C)C)ccc1Cl. The number of hydrogen-bond acceptors (Lipinski definition) is 4. The molecule has 2 amide bonds. The minimum Gasteiger partial charge on any atom is -0.462 e. The summed E-state index contributed by atoms with van der Waals surface area (Å²) in [6.45, 7) is 6.92. The van der Waals surface area contributed by atoms with E-state index in [4.69, 9.17) is 16.3 Å². The number of carbonyl (C=O) groups is 3. The highest BCUT2D eigenvalue weighted by molar-refractivity contribution is 6.33. The Kier molecular flexibility index (Phi) is 7.03. The third-order valence-corrected chi connectivity index (χ3v) is 3.37. The Morgan fingerprint density at radius 1 is 1.26 bits per heavy atom. The highest BCUT2D eigenvalue weighted by Gasteiger charge is 2.23. The molecule has 1 atom stereocenters. The third-order valence-electron chi connectivity index (χ3n) is 3.04. The molecule has 7 heteroatoms. The Morgan fingerprint density at radius 3 is 2.43 bits per heavy atom. The van der Waals surface area contributed by atoms with Gasteiger partial charge in [-0.25, -0.2) is 4.79 Å². The first-order valence-electron chi connectivity index (χ1n) is 7.30. The van der Waals surface area contributed by atoms with E-state index in [0.29, 0.717) is 5.69 Å². The molecule has 0 heterocycles. The standard InChI is InChI=1S/C16H21ClN2O4/c1-5-23-16(22)12-8-11(6-7-13(12)17)19-15(21)14(9(2)3)18-10(4)20/h6-9,14H,5H2,1-4H3,(H,18,20)(H,19,21)/t14-/m1/s1. The zero-order valence-electron chi connectivity index (χ0n) is 13.6. The fraction of sp³-hybridized carbons (Fsp3) is 0.438. The van der Waals surface area contributed by atoms with E-state index in [0.717, 1.165) is 0 Å². The minimum atomic E-state index is -0.672. The van der Waals surface area contributed by atoms with Crippen molar-refractivity contribution in [1.82, 2.24) is 5.32 Å². The highest BCUT2D eigenvalue weighted by atomic mass is 35.5. The maximum Gasteiger partial charge on any atom is 0.339 e. The summed E-state index contributed by atoms with van der Waals surface area (Å²) < 4.78 is 4.91. The number of ether oxygens (including phenoxy) is 1. The molecular formula is C16H21ClN2O4. The van der Waals surface area contributed by atoms with Crippen LogP contribution in [0.5, 0.6) is 0 Å². The number of benzene rings is 1. The van der Waals surface area contributed by atoms with Crippen molar-refractivity contribution < 1.29 is 19.1 Å². The highest BCUT2D eigenvalue weighted by Crippen LogP contribution is 2.22. The molecule has 0 aromatic heterocycles. The predicted octanol–water partition coefficient (Wildman–Crippen LogP) is 2.62. The van der Waals surface area contributed by atoms with Gasteiger partial charge >= 0.3 is 5.97 Å². The van der Waals surface area contributed by atoms with Crippen LogP contribution in [0.3, 0.4) is 0 Å². The zero-order chi connectivity index (χ0) is 17.6. The summed E-state index contributed by atoms with van der Waals surface area (Å²) in [4.78, 5) is 35.3. The Morgan fingerprint density at radius 2 is 1.91 bits per heavy atom. The van der Waals surface area contributed by atoms with Crippen molar-refractivity contribution in [3.63, 3.8) is 0 Å². The lowest BCUT2D eigenvalue weighted by molar-refractivity contribution is -0.126. The summed E-state index contributed by atoms with van der Waals surface area (Å²) in [5.41, 5.74) is 0.574. The van der Waals surface area contributed by atoms with Crippen LogP contribution in [-0.4, -0.2) is 30.4 Å². The van der Waals surface area contributed by atoms with Gasteiger partial charge in [0.15, 0.2) is 0 Å². The monoisotopic (exact) mass is 340 g/mol. The van der Waals surface area contributed by atoms with E-state index in [2.05, 4.69) is 10.6 Å². The molecule has 0 aliphatic heterocycles. The number of halogens is 1. The first-order chi connectivity index (χ1) is 10.8. The number of nitrogens with one attached hydrogen (secondary N) is 2. The molecule has 0 radical (unpaired) electrons. The molecule has 1 rings (SSSR count). The van der Waals surface area contributed by atoms with Crippen LogP contribution >= 0.6 is 11.6 Å². The first kappa shape index (κ1) is 19.0. The second kappa shape index (κ2) is 8.53. The quantitative estimate of drug-likeness (QED) is 0.780. The minimum absolute atomic E-state index is 0.0873. The number of esters is 1. The molecule has 0 fully saturated rings. The van der Waals surface area contributed by atoms with Crippen molar-refractivity contribution >= 4 is 35.1 Å². The molecule has 1 aromatic carbocycles. The van der Waals surface area contributed by atoms with Gasteiger partial charge in [-0.3, -0.25) is 9.59 Å². The summed E-state index contributed by atoms with van der Waals surface area (Å²) in [5, 5.41) is 5.51. The summed E-state index contributed by atoms with van der Waals surface area (Å²) >= 11 is 5.97. The van der Waals surface area contributed by atoms with E-state index in [9.17, 15) is 14.4 Å². The fourth-order valence-electron chi connectivity index (χ4n) is 1.94. The topological polar surface area (TPSA) is 84.5 Å². The molecular weight excluding hydrogens is 320 g/mol. The van der Waals surface area contributed by atoms with Crippen molar-refractivity contribution in [2.24, 2.45) is 5.92 Å². The van der Waals surface area contributed by atoms with Gasteiger partial charge < -0.3 is 15.4 Å². The van der Waals surface area contributed by atoms with Crippen LogP contribution in [0.15, 0.2) is 18.2 Å². The summed E-state index contributed by atoms with van der Waals surface area (Å²) in [6.07, 6.45) is 0. The van der Waals surface area contributed by atoms with Gasteiger partial charge in [0.25, 0.3) is 0 Å². The molecule has 0 bridgehead atoms. The second-order valence-corrected chi connectivity index (χ2v) is 5.73. The van der Waals surface area contributed by atoms with Crippen LogP contribution in [0.2, 0.25) is 5.02 Å². The summed E-state index contributed by atoms with van der Waals surface area (Å²) in [7, 11) is 0. The van der Waals surface area contributed by atoms with Crippen LogP contribution in [0.4, 0.5) is 5.69 Å². The van der Waals surface area contributed by atoms with E-state index < -0.39 is 12.0 Å². The number of anilines is 1. The van der Waals surface area contributed by atoms with Crippen molar-refractivity contribution in [3.05, 3.63) is 28.8 Å². The molecule has 0 aliphatic carbocycles. The van der Waals surface area contributed by atoms with Crippen LogP contribution in [0, 0.1) is 5.92 Å². The molecule has 0 saturated carbocycles. The van der Waals surface area contributed by atoms with Crippen molar-refractivity contribution in [2.75, 3.05) is 11.9 Å². The average Bonchev–Trinajstić information content (AvgIpc) is 2.46. The number of hydrogen-bond donors (Lipinski definition) is 2. The lowest BCUT2D eigenvalue weighted by atomic mass is 10.0. The van der Waals surface area contributed by atoms with Crippen molar-refractivity contribution in [1.29, 1.82) is 0 Å². The molecule has 1 aromatic rings. The van der Waals surface area contributed by atoms with Gasteiger partial charge in [-0.2, -0.15) is 0 Å². The van der Waals surface area contributed by atoms with Crippen LogP contribution in [0.1, 0.15) is 38.1 Å². The Hall–Kier alpha value is -2.08. The fourth-order valence-corrected chi connectivity index (χ4v) is 2.14. The third kappa shape index (κ3) is 5.56. The molecule has 0 spiro atoms. The second-order valence-electron chi connectivity index (χ2n) is 5.33. The van der Waals surface area contributed by atoms with Crippen LogP contribution in [-0.2, 0) is 14.3 Å². The van der Waals surface area contributed by atoms with E-state index in [1.165, 1.54) is 19.1 Å². The number of amides is 2. The molecule has 23 heavy (non-hydrogen) atoms. The molecule has 6 nitrogen and oxygen atoms in total. The Labute approximate surface area is 140 Å². The predicted molar refractivity (Wildman–Crippen MR) is 88.5 cm³/mol. The van der Waals surface area contributed by atoms with Crippen molar-refractivity contribution in [3.8, 4) is 0 Å².